The lowest BCUT2D eigenvalue weighted by molar-refractivity contribution is -0.890. The third-order valence-electron chi connectivity index (χ3n) is 13.0. The number of aromatic nitrogens is 4. The van der Waals surface area contributed by atoms with Crippen molar-refractivity contribution in [2.24, 2.45) is 0 Å². The van der Waals surface area contributed by atoms with Crippen LogP contribution in [0.1, 0.15) is 100 Å². The van der Waals surface area contributed by atoms with Gasteiger partial charge in [-0.15, -0.1) is 0 Å². The van der Waals surface area contributed by atoms with Crippen LogP contribution in [-0.2, 0) is 0 Å². The Morgan fingerprint density at radius 1 is 0.485 bits per heavy atom. The molecule has 0 unspecified atom stereocenters. The van der Waals surface area contributed by atoms with E-state index in [4.69, 9.17) is 19.4 Å². The van der Waals surface area contributed by atoms with Crippen LogP contribution in [0.25, 0.3) is 68.6 Å². The van der Waals surface area contributed by atoms with Gasteiger partial charge in [-0.25, -0.2) is 9.97 Å². The van der Waals surface area contributed by atoms with Gasteiger partial charge in [0.15, 0.2) is 0 Å². The average molecular weight is 892 g/mol. The summed E-state index contributed by atoms with van der Waals surface area (Å²) in [5.41, 5.74) is 11.7. The summed E-state index contributed by atoms with van der Waals surface area (Å²) >= 11 is 0. The van der Waals surface area contributed by atoms with Crippen LogP contribution in [0.2, 0.25) is 0 Å². The summed E-state index contributed by atoms with van der Waals surface area (Å²) in [6.45, 7) is 9.42. The molecule has 350 valence electrons. The molecule has 0 radical (unpaired) electrons. The largest absolute Gasteiger partial charge is 0.493 e. The third-order valence-corrected chi connectivity index (χ3v) is 13.0. The molecule has 0 amide bonds. The highest BCUT2D eigenvalue weighted by molar-refractivity contribution is 5.94. The Labute approximate surface area is 395 Å². The van der Waals surface area contributed by atoms with E-state index in [0.29, 0.717) is 13.2 Å². The number of benzene rings is 2. The molecule has 0 spiro atoms. The molecule has 0 fully saturated rings. The molecule has 2 aliphatic heterocycles. The maximum atomic E-state index is 6.28. The summed E-state index contributed by atoms with van der Waals surface area (Å²) in [7, 11) is 13.6. The zero-order chi connectivity index (χ0) is 46.4. The second kappa shape index (κ2) is 23.3. The van der Waals surface area contributed by atoms with E-state index in [0.717, 1.165) is 120 Å². The second-order valence-electron chi connectivity index (χ2n) is 20.1. The minimum atomic E-state index is 0.699. The third kappa shape index (κ3) is 14.3. The van der Waals surface area contributed by atoms with Gasteiger partial charge < -0.3 is 33.3 Å². The van der Waals surface area contributed by atoms with Crippen LogP contribution in [0.3, 0.4) is 0 Å². The number of quaternary nitrogens is 2. The van der Waals surface area contributed by atoms with Crippen molar-refractivity contribution in [2.45, 2.75) is 77.6 Å². The van der Waals surface area contributed by atoms with Gasteiger partial charge in [0.2, 0.25) is 0 Å². The number of nitrogens with zero attached hydrogens (tertiary/aromatic N) is 5. The van der Waals surface area contributed by atoms with Crippen LogP contribution in [-0.4, -0.2) is 122 Å². The average Bonchev–Trinajstić information content (AvgIpc) is 4.14. The molecule has 66 heavy (non-hydrogen) atoms. The molecule has 8 bridgehead atoms. The number of hydrogen-bond donors (Lipinski definition) is 2. The zero-order valence-corrected chi connectivity index (χ0v) is 41.2. The van der Waals surface area contributed by atoms with Gasteiger partial charge in [0.25, 0.3) is 0 Å². The first-order valence-electron chi connectivity index (χ1n) is 24.8. The van der Waals surface area contributed by atoms with Crippen molar-refractivity contribution in [2.75, 3.05) is 88.2 Å². The van der Waals surface area contributed by atoms with Gasteiger partial charge in [-0.1, -0.05) is 69.7 Å². The fourth-order valence-electron chi connectivity index (χ4n) is 9.19. The number of hydrogen-bond acceptors (Lipinski definition) is 5. The lowest BCUT2D eigenvalue weighted by Crippen LogP contribution is -2.42. The molecule has 2 aliphatic rings. The molecule has 5 aromatic rings. The number of unbranched alkanes of at least 4 members (excludes halogenated alkanes) is 7. The molecule has 0 atom stereocenters. The molecule has 5 heterocycles. The number of aromatic amines is 2. The van der Waals surface area contributed by atoms with Crippen molar-refractivity contribution in [1.29, 1.82) is 0 Å². The molecule has 9 nitrogen and oxygen atoms in total. The van der Waals surface area contributed by atoms with E-state index in [1.807, 2.05) is 0 Å². The van der Waals surface area contributed by atoms with Crippen LogP contribution in [0, 0.1) is 0 Å². The lowest BCUT2D eigenvalue weighted by atomic mass is 10.0. The first-order chi connectivity index (χ1) is 31.9. The molecule has 2 aromatic carbocycles. The van der Waals surface area contributed by atoms with Crippen LogP contribution >= 0.6 is 0 Å². The van der Waals surface area contributed by atoms with Gasteiger partial charge in [-0.2, -0.15) is 0 Å². The van der Waals surface area contributed by atoms with E-state index in [1.165, 1.54) is 70.9 Å². The molecule has 0 saturated carbocycles. The number of H-pyrrole nitrogens is 2. The Hall–Kier alpha value is -5.48. The summed E-state index contributed by atoms with van der Waals surface area (Å²) in [6, 6.07) is 29.7. The van der Waals surface area contributed by atoms with Crippen LogP contribution < -0.4 is 9.47 Å². The van der Waals surface area contributed by atoms with E-state index >= 15 is 0 Å². The maximum absolute atomic E-state index is 6.28. The van der Waals surface area contributed by atoms with E-state index in [-0.39, 0.29) is 0 Å². The highest BCUT2D eigenvalue weighted by atomic mass is 16.5. The van der Waals surface area contributed by atoms with Gasteiger partial charge in [0.1, 0.15) is 11.5 Å². The first-order valence-corrected chi connectivity index (χ1v) is 24.8. The van der Waals surface area contributed by atoms with Crippen LogP contribution in [0.4, 0.5) is 0 Å². The van der Waals surface area contributed by atoms with E-state index in [1.54, 1.807) is 0 Å². The Morgan fingerprint density at radius 3 is 1.41 bits per heavy atom. The van der Waals surface area contributed by atoms with Gasteiger partial charge in [0.05, 0.1) is 90.4 Å². The standard InChI is InChI=1S/C57H77N7O2/c1-8-9-10-11-12-13-14-15-36-63(4,5)38-17-40-65-50-27-19-44(20-28-50)56-52-31-23-46(58-52)42-48-25-33-54(60-48)57(55-34-26-49(61-55)43-47-24-32-53(56)59-47)45-21-29-51(30-22-45)66-41-18-39-64(6,7)37-16-35-62(2)3/h19-34,42-43,60-61H,8-18,35-41H2,1-7H3/q+2. The molecular weight excluding hydrogens is 815 g/mol. The van der Waals surface area contributed by atoms with Crippen molar-refractivity contribution < 1.29 is 18.4 Å². The molecule has 0 aliphatic carbocycles. The van der Waals surface area contributed by atoms with Crippen molar-refractivity contribution in [3.8, 4) is 33.8 Å². The molecular formula is C57H77N7O2+2. The molecule has 3 aromatic heterocycles. The summed E-state index contributed by atoms with van der Waals surface area (Å²) in [6.07, 6.45) is 22.5. The summed E-state index contributed by atoms with van der Waals surface area (Å²) in [4.78, 5) is 20.0. The van der Waals surface area contributed by atoms with Gasteiger partial charge >= 0.3 is 0 Å². The summed E-state index contributed by atoms with van der Waals surface area (Å²) in [5, 5.41) is 0. The molecule has 7 rings (SSSR count). The Bertz CT molecular complexity index is 2450. The molecule has 0 saturated heterocycles. The van der Waals surface area contributed by atoms with E-state index < -0.39 is 0 Å². The maximum Gasteiger partial charge on any atom is 0.119 e. The normalized spacial score (nSPS) is 12.7. The highest BCUT2D eigenvalue weighted by Crippen LogP contribution is 2.34. The fraction of sp³-hybridized carbons (Fsp3) is 0.439. The fourth-order valence-corrected chi connectivity index (χ4v) is 9.19. The summed E-state index contributed by atoms with van der Waals surface area (Å²) in [5.74, 6) is 1.77. The Kier molecular flexibility index (Phi) is 17.1. The number of nitrogens with one attached hydrogen (secondary N) is 2. The predicted molar refractivity (Wildman–Crippen MR) is 279 cm³/mol. The van der Waals surface area contributed by atoms with Crippen molar-refractivity contribution in [3.05, 3.63) is 108 Å². The SMILES string of the molecule is CCCCCCCCCC[N+](C)(C)CCCOc1ccc(-c2c3nc(cc4ccc([nH]4)c(-c4ccc(OCCC[N+](C)(C)CCCN(C)C)cc4)c4ccc(cc5nc2C=C5)[nH]4)C=C3)cc1. The van der Waals surface area contributed by atoms with E-state index in [2.05, 4.69) is 173 Å². The topological polar surface area (TPSA) is 79.1 Å². The first kappa shape index (κ1) is 48.5. The monoisotopic (exact) mass is 892 g/mol. The molecule has 2 N–H and O–H groups in total. The molecule has 9 heteroatoms. The van der Waals surface area contributed by atoms with Gasteiger partial charge in [-0.05, 0) is 123 Å². The lowest BCUT2D eigenvalue weighted by Gasteiger charge is -2.30. The highest BCUT2D eigenvalue weighted by Gasteiger charge is 2.18. The Balaban J connectivity index is 1.05. The van der Waals surface area contributed by atoms with Crippen LogP contribution in [0.5, 0.6) is 11.5 Å². The van der Waals surface area contributed by atoms with E-state index in [9.17, 15) is 0 Å². The predicted octanol–water partition coefficient (Wildman–Crippen LogP) is 12.8. The second-order valence-corrected chi connectivity index (χ2v) is 20.1. The van der Waals surface area contributed by atoms with Crippen molar-refractivity contribution in [3.63, 3.8) is 0 Å². The number of fused-ring (bicyclic) bond motifs is 8. The summed E-state index contributed by atoms with van der Waals surface area (Å²) < 4.78 is 14.6. The van der Waals surface area contributed by atoms with Crippen molar-refractivity contribution in [1.82, 2.24) is 24.8 Å². The minimum absolute atomic E-state index is 0.699. The number of ether oxygens (including phenoxy) is 2. The Morgan fingerprint density at radius 2 is 0.924 bits per heavy atom. The van der Waals surface area contributed by atoms with Gasteiger partial charge in [-0.3, -0.25) is 0 Å². The zero-order valence-electron chi connectivity index (χ0n) is 41.2. The smallest absolute Gasteiger partial charge is 0.119 e. The number of rotatable bonds is 25. The van der Waals surface area contributed by atoms with Crippen LogP contribution in [0.15, 0.2) is 84.9 Å². The minimum Gasteiger partial charge on any atom is -0.493 e. The van der Waals surface area contributed by atoms with Crippen molar-refractivity contribution >= 4 is 46.4 Å². The van der Waals surface area contributed by atoms with Gasteiger partial charge in [0, 0.05) is 59.0 Å². The quantitative estimate of drug-likeness (QED) is 0.0441.